The molecule has 0 N–H and O–H groups in total. The van der Waals surface area contributed by atoms with Gasteiger partial charge in [0, 0.05) is 26.1 Å². The van der Waals surface area contributed by atoms with E-state index in [2.05, 4.69) is 19.0 Å². The molecule has 0 bridgehead atoms. The molecule has 0 aromatic carbocycles. The van der Waals surface area contributed by atoms with Crippen molar-refractivity contribution in [3.63, 3.8) is 0 Å². The van der Waals surface area contributed by atoms with Gasteiger partial charge in [-0.25, -0.2) is 4.79 Å². The summed E-state index contributed by atoms with van der Waals surface area (Å²) in [7, 11) is 7.49. The van der Waals surface area contributed by atoms with Crippen LogP contribution in [0, 0.1) is 5.92 Å². The summed E-state index contributed by atoms with van der Waals surface area (Å²) in [5, 5.41) is 0. The summed E-state index contributed by atoms with van der Waals surface area (Å²) in [6.07, 6.45) is 0.901. The molecule has 0 saturated heterocycles. The van der Waals surface area contributed by atoms with Crippen molar-refractivity contribution in [2.45, 2.75) is 12.5 Å². The molecule has 0 unspecified atom stereocenters. The Kier molecular flexibility index (Phi) is 3.14. The molecule has 1 amide bonds. The number of nitrogens with zero attached hydrogens (tertiary/aromatic N) is 2. The number of amides is 1. The first kappa shape index (κ1) is 10.3. The van der Waals surface area contributed by atoms with Crippen molar-refractivity contribution in [3.05, 3.63) is 0 Å². The van der Waals surface area contributed by atoms with Gasteiger partial charge in [-0.05, 0) is 20.5 Å². The molecular formula is C9H18N2O2. The van der Waals surface area contributed by atoms with Crippen LogP contribution in [0.5, 0.6) is 0 Å². The molecule has 13 heavy (non-hydrogen) atoms. The minimum absolute atomic E-state index is 0.246. The lowest BCUT2D eigenvalue weighted by Crippen LogP contribution is -2.25. The number of rotatable bonds is 3. The van der Waals surface area contributed by atoms with Crippen LogP contribution in [0.2, 0.25) is 0 Å². The summed E-state index contributed by atoms with van der Waals surface area (Å²) in [6.45, 7) is 0.555. The summed E-state index contributed by atoms with van der Waals surface area (Å²) in [6, 6.07) is 0.606. The van der Waals surface area contributed by atoms with Crippen molar-refractivity contribution in [2.75, 3.05) is 34.8 Å². The average molecular weight is 186 g/mol. The largest absolute Gasteiger partial charge is 0.449 e. The Morgan fingerprint density at radius 2 is 2.00 bits per heavy atom. The quantitative estimate of drug-likeness (QED) is 0.648. The minimum atomic E-state index is -0.246. The Morgan fingerprint density at radius 3 is 2.38 bits per heavy atom. The van der Waals surface area contributed by atoms with Gasteiger partial charge in [0.15, 0.2) is 0 Å². The van der Waals surface area contributed by atoms with E-state index in [1.54, 1.807) is 14.1 Å². The van der Waals surface area contributed by atoms with Gasteiger partial charge in [-0.3, -0.25) is 0 Å². The smallest absolute Gasteiger partial charge is 0.409 e. The monoisotopic (exact) mass is 186 g/mol. The lowest BCUT2D eigenvalue weighted by molar-refractivity contribution is 0.111. The molecule has 76 valence electrons. The van der Waals surface area contributed by atoms with Crippen LogP contribution in [0.25, 0.3) is 0 Å². The van der Waals surface area contributed by atoms with Gasteiger partial charge in [-0.15, -0.1) is 0 Å². The fraction of sp³-hybridized carbons (Fsp3) is 0.889. The first-order valence-electron chi connectivity index (χ1n) is 4.53. The molecule has 4 nitrogen and oxygen atoms in total. The number of ether oxygens (including phenoxy) is 1. The van der Waals surface area contributed by atoms with E-state index < -0.39 is 0 Å². The van der Waals surface area contributed by atoms with Crippen LogP contribution in [-0.2, 0) is 4.74 Å². The van der Waals surface area contributed by atoms with Crippen molar-refractivity contribution in [1.29, 1.82) is 0 Å². The highest BCUT2D eigenvalue weighted by Gasteiger charge is 2.39. The second-order valence-electron chi connectivity index (χ2n) is 4.00. The molecule has 0 spiro atoms. The Morgan fingerprint density at radius 1 is 1.38 bits per heavy atom. The van der Waals surface area contributed by atoms with Crippen molar-refractivity contribution in [1.82, 2.24) is 9.80 Å². The van der Waals surface area contributed by atoms with E-state index in [0.29, 0.717) is 18.6 Å². The molecule has 1 aliphatic rings. The lowest BCUT2D eigenvalue weighted by atomic mass is 10.4. The average Bonchev–Trinajstić information content (AvgIpc) is 2.78. The summed E-state index contributed by atoms with van der Waals surface area (Å²) >= 11 is 0. The maximum Gasteiger partial charge on any atom is 0.409 e. The third-order valence-corrected chi connectivity index (χ3v) is 2.33. The molecular weight excluding hydrogens is 168 g/mol. The van der Waals surface area contributed by atoms with Crippen LogP contribution in [0.4, 0.5) is 4.79 Å². The van der Waals surface area contributed by atoms with E-state index in [-0.39, 0.29) is 6.09 Å². The van der Waals surface area contributed by atoms with Crippen molar-refractivity contribution >= 4 is 6.09 Å². The molecule has 1 aliphatic carbocycles. The van der Waals surface area contributed by atoms with E-state index >= 15 is 0 Å². The fourth-order valence-corrected chi connectivity index (χ4v) is 1.35. The van der Waals surface area contributed by atoms with Gasteiger partial charge in [0.25, 0.3) is 0 Å². The number of carbonyl (C=O) groups excluding carboxylic acids is 1. The van der Waals surface area contributed by atoms with Gasteiger partial charge < -0.3 is 14.5 Å². The summed E-state index contributed by atoms with van der Waals surface area (Å²) < 4.78 is 5.07. The van der Waals surface area contributed by atoms with E-state index in [9.17, 15) is 4.79 Å². The van der Waals surface area contributed by atoms with Gasteiger partial charge in [0.05, 0.1) is 6.61 Å². The topological polar surface area (TPSA) is 32.8 Å². The standard InChI is InChI=1S/C9H18N2O2/c1-10(2)8-5-7(8)6-13-9(12)11(3)4/h7-8H,5-6H2,1-4H3/t7-,8-/m1/s1. The van der Waals surface area contributed by atoms with Crippen molar-refractivity contribution < 1.29 is 9.53 Å². The van der Waals surface area contributed by atoms with E-state index in [1.165, 1.54) is 4.90 Å². The van der Waals surface area contributed by atoms with Crippen molar-refractivity contribution in [2.24, 2.45) is 5.92 Å². The highest BCUT2D eigenvalue weighted by molar-refractivity contribution is 5.66. The maximum atomic E-state index is 11.0. The summed E-state index contributed by atoms with van der Waals surface area (Å²) in [5.74, 6) is 0.541. The van der Waals surface area contributed by atoms with Crippen LogP contribution in [0.1, 0.15) is 6.42 Å². The highest BCUT2D eigenvalue weighted by atomic mass is 16.6. The third kappa shape index (κ3) is 2.88. The maximum absolute atomic E-state index is 11.0. The second-order valence-corrected chi connectivity index (χ2v) is 4.00. The second kappa shape index (κ2) is 3.96. The summed E-state index contributed by atoms with van der Waals surface area (Å²) in [4.78, 5) is 14.7. The van der Waals surface area contributed by atoms with Crippen molar-refractivity contribution in [3.8, 4) is 0 Å². The van der Waals surface area contributed by atoms with Crippen LogP contribution in [0.15, 0.2) is 0 Å². The van der Waals surface area contributed by atoms with Crippen LogP contribution in [-0.4, -0.2) is 56.7 Å². The van der Waals surface area contributed by atoms with Gasteiger partial charge in [-0.2, -0.15) is 0 Å². The zero-order valence-corrected chi connectivity index (χ0v) is 8.78. The zero-order valence-electron chi connectivity index (χ0n) is 8.78. The SMILES string of the molecule is CN(C)C(=O)OC[C@H]1C[C@H]1N(C)C. The minimum Gasteiger partial charge on any atom is -0.449 e. The molecule has 0 radical (unpaired) electrons. The molecule has 0 heterocycles. The molecule has 1 saturated carbocycles. The van der Waals surface area contributed by atoms with E-state index in [0.717, 1.165) is 6.42 Å². The third-order valence-electron chi connectivity index (χ3n) is 2.33. The Balaban J connectivity index is 2.12. The van der Waals surface area contributed by atoms with Gasteiger partial charge in [-0.1, -0.05) is 0 Å². The van der Waals surface area contributed by atoms with Crippen LogP contribution >= 0.6 is 0 Å². The molecule has 0 aromatic heterocycles. The predicted octanol–water partition coefficient (Wildman–Crippen LogP) is 0.635. The Labute approximate surface area is 79.4 Å². The predicted molar refractivity (Wildman–Crippen MR) is 50.6 cm³/mol. The molecule has 4 heteroatoms. The molecule has 0 aliphatic heterocycles. The van der Waals surface area contributed by atoms with Gasteiger partial charge >= 0.3 is 6.09 Å². The molecule has 2 atom stereocenters. The van der Waals surface area contributed by atoms with E-state index in [1.807, 2.05) is 0 Å². The fourth-order valence-electron chi connectivity index (χ4n) is 1.35. The summed E-state index contributed by atoms with van der Waals surface area (Å²) in [5.41, 5.74) is 0. The number of hydrogen-bond acceptors (Lipinski definition) is 3. The first-order chi connectivity index (χ1) is 6.02. The first-order valence-corrected chi connectivity index (χ1v) is 4.53. The zero-order chi connectivity index (χ0) is 10.0. The molecule has 1 rings (SSSR count). The number of hydrogen-bond donors (Lipinski definition) is 0. The Bertz CT molecular complexity index is 192. The Hall–Kier alpha value is -0.770. The molecule has 0 aromatic rings. The van der Waals surface area contributed by atoms with Gasteiger partial charge in [0.2, 0.25) is 0 Å². The van der Waals surface area contributed by atoms with Crippen LogP contribution in [0.3, 0.4) is 0 Å². The van der Waals surface area contributed by atoms with Gasteiger partial charge in [0.1, 0.15) is 0 Å². The van der Waals surface area contributed by atoms with E-state index in [4.69, 9.17) is 4.74 Å². The molecule has 1 fully saturated rings. The normalized spacial score (nSPS) is 25.9. The number of carbonyl (C=O) groups is 1. The van der Waals surface area contributed by atoms with Crippen LogP contribution < -0.4 is 0 Å². The highest BCUT2D eigenvalue weighted by Crippen LogP contribution is 2.34. The lowest BCUT2D eigenvalue weighted by Gasteiger charge is -2.12.